The molecule has 0 N–H and O–H groups in total. The molecular weight excluding hydrogens is 192 g/mol. The molecule has 1 heterocycles. The number of allylic oxidation sites excluding steroid dienone is 1. The summed E-state index contributed by atoms with van der Waals surface area (Å²) in [6.45, 7) is 0. The molecule has 68 valence electrons. The lowest BCUT2D eigenvalue weighted by Gasteiger charge is -2.06. The van der Waals surface area contributed by atoms with Gasteiger partial charge in [0.15, 0.2) is 0 Å². The highest BCUT2D eigenvalue weighted by molar-refractivity contribution is 7.03. The summed E-state index contributed by atoms with van der Waals surface area (Å²) in [5, 5.41) is 6.13. The predicted octanol–water partition coefficient (Wildman–Crippen LogP) is 2.70. The monoisotopic (exact) mass is 200 g/mol. The summed E-state index contributed by atoms with van der Waals surface area (Å²) < 4.78 is 3.90. The highest BCUT2D eigenvalue weighted by Crippen LogP contribution is 2.34. The Morgan fingerprint density at radius 3 is 3.00 bits per heavy atom. The van der Waals surface area contributed by atoms with Crippen LogP contribution in [0.5, 0.6) is 0 Å². The van der Waals surface area contributed by atoms with Gasteiger partial charge in [-0.25, -0.2) is 0 Å². The number of hydrogen-bond acceptors (Lipinski definition) is 3. The molecule has 1 aliphatic rings. The molecule has 0 amide bonds. The molecule has 14 heavy (non-hydrogen) atoms. The predicted molar refractivity (Wildman–Crippen MR) is 57.2 cm³/mol. The molecule has 1 unspecified atom stereocenters. The van der Waals surface area contributed by atoms with Crippen LogP contribution >= 0.6 is 11.5 Å². The molecule has 1 aromatic heterocycles. The zero-order valence-corrected chi connectivity index (χ0v) is 8.24. The van der Waals surface area contributed by atoms with Gasteiger partial charge in [0.05, 0.1) is 5.69 Å². The van der Waals surface area contributed by atoms with Crippen LogP contribution in [0.3, 0.4) is 0 Å². The van der Waals surface area contributed by atoms with Gasteiger partial charge in [-0.15, -0.1) is 5.10 Å². The quantitative estimate of drug-likeness (QED) is 0.707. The lowest BCUT2D eigenvalue weighted by atomic mass is 9.99. The second kappa shape index (κ2) is 3.03. The molecule has 1 aliphatic carbocycles. The Morgan fingerprint density at radius 1 is 1.21 bits per heavy atom. The van der Waals surface area contributed by atoms with E-state index in [2.05, 4.69) is 46.0 Å². The number of fused-ring (bicyclic) bond motifs is 1. The Bertz CT molecular complexity index is 474. The highest BCUT2D eigenvalue weighted by Gasteiger charge is 2.20. The van der Waals surface area contributed by atoms with Gasteiger partial charge in [0, 0.05) is 11.3 Å². The average molecular weight is 200 g/mol. The molecule has 1 atom stereocenters. The molecule has 0 spiro atoms. The van der Waals surface area contributed by atoms with Crippen LogP contribution in [0, 0.1) is 0 Å². The van der Waals surface area contributed by atoms with Crippen LogP contribution in [0.4, 0.5) is 0 Å². The van der Waals surface area contributed by atoms with Crippen molar-refractivity contribution >= 4 is 17.6 Å². The molecule has 3 heteroatoms. The average Bonchev–Trinajstić information content (AvgIpc) is 2.85. The van der Waals surface area contributed by atoms with Gasteiger partial charge >= 0.3 is 0 Å². The van der Waals surface area contributed by atoms with Crippen LogP contribution in [0.25, 0.3) is 6.08 Å². The summed E-state index contributed by atoms with van der Waals surface area (Å²) >= 11 is 1.41. The molecule has 0 aliphatic heterocycles. The molecule has 0 fully saturated rings. The summed E-state index contributed by atoms with van der Waals surface area (Å²) in [4.78, 5) is 0. The maximum absolute atomic E-state index is 4.11. The third-order valence-corrected chi connectivity index (χ3v) is 3.02. The Hall–Kier alpha value is -1.48. The van der Waals surface area contributed by atoms with Crippen LogP contribution in [0.15, 0.2) is 35.7 Å². The summed E-state index contributed by atoms with van der Waals surface area (Å²) in [5.41, 5.74) is 3.68. The Morgan fingerprint density at radius 2 is 2.14 bits per heavy atom. The second-order valence-electron chi connectivity index (χ2n) is 3.30. The van der Waals surface area contributed by atoms with Gasteiger partial charge in [-0.05, 0) is 22.7 Å². The van der Waals surface area contributed by atoms with E-state index in [1.165, 1.54) is 22.7 Å². The van der Waals surface area contributed by atoms with Crippen molar-refractivity contribution in [2.45, 2.75) is 5.92 Å². The molecule has 2 nitrogen and oxygen atoms in total. The molecule has 0 saturated heterocycles. The molecule has 2 aromatic rings. The first-order valence-electron chi connectivity index (χ1n) is 4.49. The smallest absolute Gasteiger partial charge is 0.0868 e. The fourth-order valence-corrected chi connectivity index (χ4v) is 2.31. The number of benzene rings is 1. The van der Waals surface area contributed by atoms with Gasteiger partial charge in [0.2, 0.25) is 0 Å². The minimum absolute atomic E-state index is 0.310. The van der Waals surface area contributed by atoms with Crippen molar-refractivity contribution in [3.8, 4) is 0 Å². The Balaban J connectivity index is 2.11. The fraction of sp³-hybridized carbons (Fsp3) is 0.0909. The molecule has 3 rings (SSSR count). The van der Waals surface area contributed by atoms with Gasteiger partial charge in [-0.1, -0.05) is 40.9 Å². The second-order valence-corrected chi connectivity index (χ2v) is 3.91. The first kappa shape index (κ1) is 7.88. The topological polar surface area (TPSA) is 25.8 Å². The zero-order valence-electron chi connectivity index (χ0n) is 7.42. The van der Waals surface area contributed by atoms with Crippen molar-refractivity contribution in [3.05, 3.63) is 52.5 Å². The molecule has 0 saturated carbocycles. The van der Waals surface area contributed by atoms with Crippen molar-refractivity contribution < 1.29 is 0 Å². The van der Waals surface area contributed by atoms with E-state index in [1.54, 1.807) is 0 Å². The summed E-state index contributed by atoms with van der Waals surface area (Å²) in [5.74, 6) is 0.310. The number of aromatic nitrogens is 2. The normalized spacial score (nSPS) is 18.4. The Labute approximate surface area is 86.1 Å². The minimum Gasteiger partial charge on any atom is -0.142 e. The third kappa shape index (κ3) is 1.09. The SMILES string of the molecule is C1=CC(c2csnn2)c2ccccc21. The lowest BCUT2D eigenvalue weighted by Crippen LogP contribution is -1.95. The van der Waals surface area contributed by atoms with E-state index in [4.69, 9.17) is 0 Å². The van der Waals surface area contributed by atoms with Crippen LogP contribution < -0.4 is 0 Å². The van der Waals surface area contributed by atoms with E-state index >= 15 is 0 Å². The van der Waals surface area contributed by atoms with Crippen molar-refractivity contribution in [1.29, 1.82) is 0 Å². The van der Waals surface area contributed by atoms with Crippen LogP contribution in [0.1, 0.15) is 22.7 Å². The number of nitrogens with zero attached hydrogens (tertiary/aromatic N) is 2. The first-order chi connectivity index (χ1) is 6.95. The first-order valence-corrected chi connectivity index (χ1v) is 5.33. The zero-order chi connectivity index (χ0) is 9.38. The van der Waals surface area contributed by atoms with E-state index in [0.717, 1.165) is 5.69 Å². The van der Waals surface area contributed by atoms with Crippen molar-refractivity contribution in [2.75, 3.05) is 0 Å². The van der Waals surface area contributed by atoms with Gasteiger partial charge < -0.3 is 0 Å². The van der Waals surface area contributed by atoms with Crippen LogP contribution in [-0.2, 0) is 0 Å². The number of rotatable bonds is 1. The maximum atomic E-state index is 4.11. The number of hydrogen-bond donors (Lipinski definition) is 0. The summed E-state index contributed by atoms with van der Waals surface area (Å²) in [6, 6.07) is 8.41. The molecule has 0 radical (unpaired) electrons. The van der Waals surface area contributed by atoms with Crippen LogP contribution in [-0.4, -0.2) is 9.59 Å². The van der Waals surface area contributed by atoms with Gasteiger partial charge in [0.1, 0.15) is 0 Å². The van der Waals surface area contributed by atoms with Crippen molar-refractivity contribution in [1.82, 2.24) is 9.59 Å². The van der Waals surface area contributed by atoms with Gasteiger partial charge in [0.25, 0.3) is 0 Å². The largest absolute Gasteiger partial charge is 0.142 e. The molecular formula is C11H8N2S. The van der Waals surface area contributed by atoms with E-state index in [1.807, 2.05) is 5.38 Å². The van der Waals surface area contributed by atoms with E-state index in [-0.39, 0.29) is 0 Å². The van der Waals surface area contributed by atoms with Gasteiger partial charge in [-0.2, -0.15) is 0 Å². The van der Waals surface area contributed by atoms with E-state index in [0.29, 0.717) is 5.92 Å². The summed E-state index contributed by atoms with van der Waals surface area (Å²) in [6.07, 6.45) is 4.33. The molecule has 0 bridgehead atoms. The minimum atomic E-state index is 0.310. The fourth-order valence-electron chi connectivity index (χ4n) is 1.81. The Kier molecular flexibility index (Phi) is 1.70. The third-order valence-electron chi connectivity index (χ3n) is 2.49. The van der Waals surface area contributed by atoms with Gasteiger partial charge in [-0.3, -0.25) is 0 Å². The molecule has 1 aromatic carbocycles. The van der Waals surface area contributed by atoms with E-state index < -0.39 is 0 Å². The standard InChI is InChI=1S/C11H8N2S/c1-2-4-9-8(3-1)5-6-10(9)11-7-14-13-12-11/h1-7,10H. The lowest BCUT2D eigenvalue weighted by molar-refractivity contribution is 0.942. The van der Waals surface area contributed by atoms with Crippen LogP contribution in [0.2, 0.25) is 0 Å². The summed E-state index contributed by atoms with van der Waals surface area (Å²) in [7, 11) is 0. The highest BCUT2D eigenvalue weighted by atomic mass is 32.1. The maximum Gasteiger partial charge on any atom is 0.0868 e. The van der Waals surface area contributed by atoms with Crippen molar-refractivity contribution in [3.63, 3.8) is 0 Å². The van der Waals surface area contributed by atoms with E-state index in [9.17, 15) is 0 Å². The van der Waals surface area contributed by atoms with Crippen molar-refractivity contribution in [2.24, 2.45) is 0 Å².